The Morgan fingerprint density at radius 3 is 2.84 bits per heavy atom. The highest BCUT2D eigenvalue weighted by Gasteiger charge is 2.30. The summed E-state index contributed by atoms with van der Waals surface area (Å²) in [6, 6.07) is 7.54. The maximum absolute atomic E-state index is 12.6. The number of likely N-dealkylation sites (tertiary alicyclic amines) is 1. The summed E-state index contributed by atoms with van der Waals surface area (Å²) in [5, 5.41) is 6.97. The number of hydrogen-bond donors (Lipinski definition) is 1. The van der Waals surface area contributed by atoms with Crippen molar-refractivity contribution in [2.75, 3.05) is 20.2 Å². The number of hydrogen-bond acceptors (Lipinski definition) is 6. The number of aromatic nitrogens is 4. The Bertz CT molecular complexity index is 1140. The first kappa shape index (κ1) is 21.5. The van der Waals surface area contributed by atoms with E-state index in [1.165, 1.54) is 0 Å². The summed E-state index contributed by atoms with van der Waals surface area (Å²) in [5.41, 5.74) is 2.58. The monoisotopic (exact) mass is 434 g/mol. The lowest BCUT2D eigenvalue weighted by Gasteiger charge is -2.15. The second-order valence-corrected chi connectivity index (χ2v) is 7.90. The molecule has 3 heterocycles. The molecule has 2 aromatic heterocycles. The molecule has 0 spiro atoms. The minimum absolute atomic E-state index is 0.0362. The normalized spacial score (nSPS) is 15.6. The van der Waals surface area contributed by atoms with Gasteiger partial charge in [-0.2, -0.15) is 5.10 Å². The number of amides is 2. The van der Waals surface area contributed by atoms with Crippen LogP contribution in [0.1, 0.15) is 50.1 Å². The molecule has 0 unspecified atom stereocenters. The predicted octanol–water partition coefficient (Wildman–Crippen LogP) is 2.09. The highest BCUT2D eigenvalue weighted by atomic mass is 16.5. The molecule has 0 bridgehead atoms. The summed E-state index contributed by atoms with van der Waals surface area (Å²) >= 11 is 0. The molecule has 1 atom stereocenters. The van der Waals surface area contributed by atoms with Crippen molar-refractivity contribution in [1.29, 1.82) is 0 Å². The van der Waals surface area contributed by atoms with E-state index in [9.17, 15) is 9.59 Å². The van der Waals surface area contributed by atoms with Crippen LogP contribution in [-0.4, -0.2) is 56.7 Å². The molecule has 9 heteroatoms. The molecule has 0 radical (unpaired) electrons. The molecule has 2 amide bonds. The van der Waals surface area contributed by atoms with Crippen LogP contribution in [0.3, 0.4) is 0 Å². The molecule has 1 aliphatic rings. The zero-order valence-corrected chi connectivity index (χ0v) is 18.4. The molecule has 1 aliphatic heterocycles. The molecule has 9 nitrogen and oxygen atoms in total. The molecule has 1 saturated heterocycles. The van der Waals surface area contributed by atoms with E-state index in [0.29, 0.717) is 42.3 Å². The third-order valence-electron chi connectivity index (χ3n) is 5.62. The van der Waals surface area contributed by atoms with Gasteiger partial charge < -0.3 is 15.0 Å². The van der Waals surface area contributed by atoms with Gasteiger partial charge in [0.15, 0.2) is 0 Å². The van der Waals surface area contributed by atoms with E-state index in [0.717, 1.165) is 17.7 Å². The van der Waals surface area contributed by atoms with Gasteiger partial charge in [0, 0.05) is 45.0 Å². The van der Waals surface area contributed by atoms with Crippen molar-refractivity contribution in [3.63, 3.8) is 0 Å². The molecule has 32 heavy (non-hydrogen) atoms. The number of nitrogens with zero attached hydrogens (tertiary/aromatic N) is 5. The number of benzene rings is 1. The Kier molecular flexibility index (Phi) is 6.16. The fourth-order valence-electron chi connectivity index (χ4n) is 3.83. The van der Waals surface area contributed by atoms with Crippen LogP contribution in [0.15, 0.2) is 42.9 Å². The zero-order valence-electron chi connectivity index (χ0n) is 18.4. The first-order valence-electron chi connectivity index (χ1n) is 10.5. The first-order chi connectivity index (χ1) is 15.4. The van der Waals surface area contributed by atoms with Gasteiger partial charge in [0.05, 0.1) is 30.1 Å². The molecular weight excluding hydrogens is 408 g/mol. The molecule has 1 fully saturated rings. The summed E-state index contributed by atoms with van der Waals surface area (Å²) < 4.78 is 6.83. The number of nitrogens with one attached hydrogen (secondary N) is 1. The summed E-state index contributed by atoms with van der Waals surface area (Å²) in [6.45, 7) is 3.38. The average molecular weight is 435 g/mol. The van der Waals surface area contributed by atoms with Gasteiger partial charge in [0.2, 0.25) is 0 Å². The van der Waals surface area contributed by atoms with Crippen LogP contribution in [0.4, 0.5) is 0 Å². The van der Waals surface area contributed by atoms with Gasteiger partial charge in [0.25, 0.3) is 11.8 Å². The molecule has 4 rings (SSSR count). The van der Waals surface area contributed by atoms with Crippen molar-refractivity contribution in [1.82, 2.24) is 30.0 Å². The Balaban J connectivity index is 1.38. The molecule has 1 aromatic carbocycles. The third-order valence-corrected chi connectivity index (χ3v) is 5.62. The largest absolute Gasteiger partial charge is 0.497 e. The van der Waals surface area contributed by atoms with Gasteiger partial charge in [-0.25, -0.2) is 9.97 Å². The summed E-state index contributed by atoms with van der Waals surface area (Å²) in [5.74, 6) is 1.19. The van der Waals surface area contributed by atoms with Crippen molar-refractivity contribution < 1.29 is 14.3 Å². The van der Waals surface area contributed by atoms with Crippen molar-refractivity contribution in [2.45, 2.75) is 25.8 Å². The van der Waals surface area contributed by atoms with E-state index in [-0.39, 0.29) is 17.7 Å². The fourth-order valence-corrected chi connectivity index (χ4v) is 3.83. The Hall–Kier alpha value is -3.75. The fraction of sp³-hybridized carbons (Fsp3) is 0.348. The number of aryl methyl sites for hydroxylation is 2. The highest BCUT2D eigenvalue weighted by molar-refractivity contribution is 5.95. The van der Waals surface area contributed by atoms with E-state index in [1.807, 2.05) is 24.3 Å². The van der Waals surface area contributed by atoms with Crippen LogP contribution in [0.25, 0.3) is 0 Å². The minimum atomic E-state index is -0.225. The Labute approximate surface area is 186 Å². The topological polar surface area (TPSA) is 102 Å². The quantitative estimate of drug-likeness (QED) is 0.637. The van der Waals surface area contributed by atoms with Crippen molar-refractivity contribution in [3.05, 3.63) is 71.1 Å². The van der Waals surface area contributed by atoms with E-state index in [2.05, 4.69) is 20.4 Å². The SMILES string of the molecule is COc1cccc(CNC(=O)c2cnc([C@@H]3CCN(C(=O)c4cnn(C)c4)C3)nc2C)c1. The summed E-state index contributed by atoms with van der Waals surface area (Å²) in [6.07, 6.45) is 5.65. The van der Waals surface area contributed by atoms with E-state index < -0.39 is 0 Å². The number of ether oxygens (including phenoxy) is 1. The standard InChI is InChI=1S/C23H26N6O3/c1-15-20(22(30)25-10-16-5-4-6-19(9-16)32-3)12-24-21(27-15)17-7-8-29(14-17)23(31)18-11-26-28(2)13-18/h4-6,9,11-13,17H,7-8,10,14H2,1-3H3,(H,25,30)/t17-/m1/s1. The van der Waals surface area contributed by atoms with Crippen LogP contribution in [0.2, 0.25) is 0 Å². The lowest BCUT2D eigenvalue weighted by molar-refractivity contribution is 0.0790. The van der Waals surface area contributed by atoms with Crippen molar-refractivity contribution >= 4 is 11.8 Å². The lowest BCUT2D eigenvalue weighted by Crippen LogP contribution is -2.28. The highest BCUT2D eigenvalue weighted by Crippen LogP contribution is 2.26. The summed E-state index contributed by atoms with van der Waals surface area (Å²) in [7, 11) is 3.40. The Morgan fingerprint density at radius 2 is 2.12 bits per heavy atom. The van der Waals surface area contributed by atoms with Gasteiger partial charge in [-0.15, -0.1) is 0 Å². The van der Waals surface area contributed by atoms with Crippen molar-refractivity contribution in [2.24, 2.45) is 7.05 Å². The van der Waals surface area contributed by atoms with E-state index >= 15 is 0 Å². The van der Waals surface area contributed by atoms with Crippen LogP contribution in [0.5, 0.6) is 5.75 Å². The van der Waals surface area contributed by atoms with Crippen molar-refractivity contribution in [3.8, 4) is 5.75 Å². The van der Waals surface area contributed by atoms with E-state index in [1.54, 1.807) is 49.3 Å². The lowest BCUT2D eigenvalue weighted by atomic mass is 10.1. The van der Waals surface area contributed by atoms with Crippen LogP contribution < -0.4 is 10.1 Å². The second kappa shape index (κ2) is 9.17. The number of carbonyl (C=O) groups is 2. The smallest absolute Gasteiger partial charge is 0.257 e. The molecule has 0 aliphatic carbocycles. The third kappa shape index (κ3) is 4.61. The average Bonchev–Trinajstić information content (AvgIpc) is 3.46. The number of carbonyl (C=O) groups excluding carboxylic acids is 2. The second-order valence-electron chi connectivity index (χ2n) is 7.90. The number of rotatable bonds is 6. The molecular formula is C23H26N6O3. The maximum atomic E-state index is 12.6. The van der Waals surface area contributed by atoms with Gasteiger partial charge in [0.1, 0.15) is 11.6 Å². The predicted molar refractivity (Wildman–Crippen MR) is 117 cm³/mol. The zero-order chi connectivity index (χ0) is 22.7. The maximum Gasteiger partial charge on any atom is 0.257 e. The van der Waals surface area contributed by atoms with Gasteiger partial charge in [-0.05, 0) is 31.0 Å². The molecule has 0 saturated carbocycles. The number of methoxy groups -OCH3 is 1. The molecule has 1 N–H and O–H groups in total. The van der Waals surface area contributed by atoms with E-state index in [4.69, 9.17) is 4.74 Å². The van der Waals surface area contributed by atoms with Gasteiger partial charge >= 0.3 is 0 Å². The first-order valence-corrected chi connectivity index (χ1v) is 10.5. The molecule has 166 valence electrons. The minimum Gasteiger partial charge on any atom is -0.497 e. The Morgan fingerprint density at radius 1 is 1.28 bits per heavy atom. The van der Waals surface area contributed by atoms with Gasteiger partial charge in [-0.3, -0.25) is 14.3 Å². The van der Waals surface area contributed by atoms with Crippen LogP contribution >= 0.6 is 0 Å². The van der Waals surface area contributed by atoms with Crippen LogP contribution in [0, 0.1) is 6.92 Å². The summed E-state index contributed by atoms with van der Waals surface area (Å²) in [4.78, 5) is 36.1. The van der Waals surface area contributed by atoms with Crippen LogP contribution in [-0.2, 0) is 13.6 Å². The van der Waals surface area contributed by atoms with Gasteiger partial charge in [-0.1, -0.05) is 12.1 Å². The molecule has 3 aromatic rings.